The number of amides is 1. The molecule has 0 bridgehead atoms. The van der Waals surface area contributed by atoms with Gasteiger partial charge < -0.3 is 10.4 Å². The molecule has 3 N–H and O–H groups in total. The quantitative estimate of drug-likeness (QED) is 0.747. The number of para-hydroxylation sites is 1. The van der Waals surface area contributed by atoms with Crippen LogP contribution >= 0.6 is 11.6 Å². The molecule has 0 aromatic heterocycles. The smallest absolute Gasteiger partial charge is 0.246 e. The van der Waals surface area contributed by atoms with Crippen molar-refractivity contribution in [2.24, 2.45) is 0 Å². The first-order valence-corrected chi connectivity index (χ1v) is 5.47. The van der Waals surface area contributed by atoms with E-state index < -0.39 is 6.04 Å². The molecular formula is C11H13ClN2O2. The molecule has 1 aromatic rings. The lowest BCUT2D eigenvalue weighted by Crippen LogP contribution is -2.36. The highest BCUT2D eigenvalue weighted by Crippen LogP contribution is 2.36. The van der Waals surface area contributed by atoms with Crippen LogP contribution in [0.2, 0.25) is 5.02 Å². The molecule has 4 nitrogen and oxygen atoms in total. The summed E-state index contributed by atoms with van der Waals surface area (Å²) in [4.78, 5) is 11.7. The van der Waals surface area contributed by atoms with Crippen molar-refractivity contribution in [3.8, 4) is 0 Å². The maximum absolute atomic E-state index is 11.7. The number of aliphatic hydroxyl groups excluding tert-OH is 1. The Balaban J connectivity index is 2.29. The maximum atomic E-state index is 11.7. The van der Waals surface area contributed by atoms with Crippen LogP contribution in [0.15, 0.2) is 18.2 Å². The number of hydrogen-bond donors (Lipinski definition) is 3. The van der Waals surface area contributed by atoms with Crippen LogP contribution in [-0.2, 0) is 4.79 Å². The Hall–Kier alpha value is -1.10. The second kappa shape index (κ2) is 4.41. The predicted molar refractivity (Wildman–Crippen MR) is 62.5 cm³/mol. The van der Waals surface area contributed by atoms with Gasteiger partial charge in [0.25, 0.3) is 0 Å². The van der Waals surface area contributed by atoms with Gasteiger partial charge in [0, 0.05) is 11.6 Å². The Morgan fingerprint density at radius 2 is 2.38 bits per heavy atom. The minimum absolute atomic E-state index is 0.0142. The summed E-state index contributed by atoms with van der Waals surface area (Å²) in [6, 6.07) is 4.82. The van der Waals surface area contributed by atoms with Gasteiger partial charge in [0.15, 0.2) is 0 Å². The van der Waals surface area contributed by atoms with Crippen LogP contribution in [0.3, 0.4) is 0 Å². The van der Waals surface area contributed by atoms with E-state index in [-0.39, 0.29) is 18.6 Å². The molecule has 5 heteroatoms. The zero-order valence-corrected chi connectivity index (χ0v) is 9.58. The highest BCUT2D eigenvalue weighted by atomic mass is 35.5. The number of carbonyl (C=O) groups excluding carboxylic acids is 1. The first kappa shape index (κ1) is 11.4. The second-order valence-corrected chi connectivity index (χ2v) is 4.28. The Labute approximate surface area is 98.6 Å². The van der Waals surface area contributed by atoms with Gasteiger partial charge in [0.1, 0.15) is 6.04 Å². The molecular weight excluding hydrogens is 228 g/mol. The molecule has 86 valence electrons. The van der Waals surface area contributed by atoms with Gasteiger partial charge in [-0.25, -0.2) is 0 Å². The number of benzene rings is 1. The number of carbonyl (C=O) groups is 1. The molecule has 2 unspecified atom stereocenters. The summed E-state index contributed by atoms with van der Waals surface area (Å²) in [7, 11) is 0. The van der Waals surface area contributed by atoms with Gasteiger partial charge in [0.05, 0.1) is 17.3 Å². The van der Waals surface area contributed by atoms with Crippen LogP contribution in [0.25, 0.3) is 0 Å². The van der Waals surface area contributed by atoms with E-state index in [2.05, 4.69) is 10.6 Å². The van der Waals surface area contributed by atoms with E-state index in [1.165, 1.54) is 0 Å². The van der Waals surface area contributed by atoms with Crippen LogP contribution in [0, 0.1) is 0 Å². The molecule has 1 aliphatic heterocycles. The van der Waals surface area contributed by atoms with E-state index in [1.54, 1.807) is 12.1 Å². The van der Waals surface area contributed by atoms with Gasteiger partial charge in [-0.1, -0.05) is 23.7 Å². The van der Waals surface area contributed by atoms with Crippen molar-refractivity contribution in [3.05, 3.63) is 28.8 Å². The van der Waals surface area contributed by atoms with Crippen molar-refractivity contribution in [3.63, 3.8) is 0 Å². The van der Waals surface area contributed by atoms with Crippen LogP contribution in [0.5, 0.6) is 0 Å². The van der Waals surface area contributed by atoms with E-state index in [1.807, 2.05) is 13.0 Å². The highest BCUT2D eigenvalue weighted by Gasteiger charge is 2.32. The summed E-state index contributed by atoms with van der Waals surface area (Å²) in [6.45, 7) is 1.80. The summed E-state index contributed by atoms with van der Waals surface area (Å²) in [5.41, 5.74) is 1.50. The fraction of sp³-hybridized carbons (Fsp3) is 0.364. The monoisotopic (exact) mass is 240 g/mol. The number of hydrogen-bond acceptors (Lipinski definition) is 3. The van der Waals surface area contributed by atoms with Crippen molar-refractivity contribution in [1.82, 2.24) is 5.32 Å². The summed E-state index contributed by atoms with van der Waals surface area (Å²) < 4.78 is 0. The van der Waals surface area contributed by atoms with Gasteiger partial charge in [-0.3, -0.25) is 10.1 Å². The zero-order valence-electron chi connectivity index (χ0n) is 8.83. The third kappa shape index (κ3) is 1.91. The summed E-state index contributed by atoms with van der Waals surface area (Å²) in [6.07, 6.45) is 0. The first-order valence-electron chi connectivity index (χ1n) is 5.09. The van der Waals surface area contributed by atoms with Crippen molar-refractivity contribution in [2.45, 2.75) is 19.0 Å². The molecule has 0 spiro atoms. The molecule has 0 aliphatic carbocycles. The van der Waals surface area contributed by atoms with Crippen LogP contribution in [-0.4, -0.2) is 23.7 Å². The fourth-order valence-corrected chi connectivity index (χ4v) is 1.98. The molecule has 0 saturated heterocycles. The standard InChI is InChI=1S/C11H13ClN2O2/c1-6(5-15)13-10-7-3-2-4-8(12)9(7)14-11(10)16/h2-4,6,10,13,15H,5H2,1H3,(H,14,16). The number of anilines is 1. The molecule has 1 amide bonds. The minimum atomic E-state index is -0.434. The molecule has 1 aromatic carbocycles. The number of fused-ring (bicyclic) bond motifs is 1. The Morgan fingerprint density at radius 3 is 3.06 bits per heavy atom. The first-order chi connectivity index (χ1) is 7.63. The molecule has 0 saturated carbocycles. The number of aliphatic hydroxyl groups is 1. The van der Waals surface area contributed by atoms with Gasteiger partial charge in [-0.2, -0.15) is 0 Å². The average molecular weight is 241 g/mol. The van der Waals surface area contributed by atoms with Gasteiger partial charge in [-0.05, 0) is 13.0 Å². The Bertz CT molecular complexity index is 422. The lowest BCUT2D eigenvalue weighted by atomic mass is 10.1. The van der Waals surface area contributed by atoms with Crippen LogP contribution in [0.4, 0.5) is 5.69 Å². The molecule has 1 heterocycles. The largest absolute Gasteiger partial charge is 0.395 e. The lowest BCUT2D eigenvalue weighted by molar-refractivity contribution is -0.117. The lowest BCUT2D eigenvalue weighted by Gasteiger charge is -2.16. The van der Waals surface area contributed by atoms with E-state index in [0.717, 1.165) is 5.56 Å². The third-order valence-electron chi connectivity index (χ3n) is 2.59. The summed E-state index contributed by atoms with van der Waals surface area (Å²) in [5.74, 6) is -0.136. The maximum Gasteiger partial charge on any atom is 0.246 e. The predicted octanol–water partition coefficient (Wildman–Crippen LogP) is 1.30. The van der Waals surface area contributed by atoms with Crippen molar-refractivity contribution < 1.29 is 9.90 Å². The van der Waals surface area contributed by atoms with Gasteiger partial charge in [-0.15, -0.1) is 0 Å². The fourth-order valence-electron chi connectivity index (χ4n) is 1.75. The Kier molecular flexibility index (Phi) is 3.14. The number of halogens is 1. The number of rotatable bonds is 3. The second-order valence-electron chi connectivity index (χ2n) is 3.88. The van der Waals surface area contributed by atoms with E-state index >= 15 is 0 Å². The third-order valence-corrected chi connectivity index (χ3v) is 2.91. The van der Waals surface area contributed by atoms with Crippen molar-refractivity contribution >= 4 is 23.2 Å². The summed E-state index contributed by atoms with van der Waals surface area (Å²) >= 11 is 5.98. The van der Waals surface area contributed by atoms with Crippen LogP contribution in [0.1, 0.15) is 18.5 Å². The normalized spacial score (nSPS) is 20.4. The van der Waals surface area contributed by atoms with E-state index in [0.29, 0.717) is 10.7 Å². The van der Waals surface area contributed by atoms with E-state index in [9.17, 15) is 4.79 Å². The van der Waals surface area contributed by atoms with Crippen LogP contribution < -0.4 is 10.6 Å². The van der Waals surface area contributed by atoms with Crippen molar-refractivity contribution in [2.75, 3.05) is 11.9 Å². The topological polar surface area (TPSA) is 61.4 Å². The molecule has 0 fully saturated rings. The number of nitrogens with one attached hydrogen (secondary N) is 2. The SMILES string of the molecule is CC(CO)NC1C(=O)Nc2c(Cl)cccc21. The molecule has 1 aliphatic rings. The zero-order chi connectivity index (χ0) is 11.7. The Morgan fingerprint density at radius 1 is 1.62 bits per heavy atom. The van der Waals surface area contributed by atoms with Gasteiger partial charge in [0.2, 0.25) is 5.91 Å². The highest BCUT2D eigenvalue weighted by molar-refractivity contribution is 6.34. The average Bonchev–Trinajstić information content (AvgIpc) is 2.58. The summed E-state index contributed by atoms with van der Waals surface area (Å²) in [5, 5.41) is 15.3. The molecule has 2 atom stereocenters. The van der Waals surface area contributed by atoms with Crippen molar-refractivity contribution in [1.29, 1.82) is 0 Å². The van der Waals surface area contributed by atoms with E-state index in [4.69, 9.17) is 16.7 Å². The molecule has 16 heavy (non-hydrogen) atoms. The van der Waals surface area contributed by atoms with Gasteiger partial charge >= 0.3 is 0 Å². The molecule has 2 rings (SSSR count). The molecule has 0 radical (unpaired) electrons. The minimum Gasteiger partial charge on any atom is -0.395 e.